The molecule has 150 valence electrons. The SMILES string of the molecule is CC(=O)O[C@@H]1CC[C@]2(C)C(=CC[C@@H]3[C@@H]2CC[C@]2(C)[C@H]3CC[C@]2(O)C(C)=O)C1. The minimum absolute atomic E-state index is 0.0292. The summed E-state index contributed by atoms with van der Waals surface area (Å²) in [5.74, 6) is 1.36. The Kier molecular flexibility index (Phi) is 4.38. The van der Waals surface area contributed by atoms with E-state index in [1.165, 1.54) is 12.5 Å². The van der Waals surface area contributed by atoms with Crippen LogP contribution in [0.25, 0.3) is 0 Å². The van der Waals surface area contributed by atoms with Crippen LogP contribution in [0, 0.1) is 28.6 Å². The highest BCUT2D eigenvalue weighted by molar-refractivity contribution is 5.86. The first-order valence-electron chi connectivity index (χ1n) is 10.7. The maximum absolute atomic E-state index is 12.3. The van der Waals surface area contributed by atoms with E-state index < -0.39 is 5.60 Å². The Hall–Kier alpha value is -1.16. The predicted molar refractivity (Wildman–Crippen MR) is 103 cm³/mol. The van der Waals surface area contributed by atoms with E-state index >= 15 is 0 Å². The van der Waals surface area contributed by atoms with Crippen LogP contribution in [-0.2, 0) is 14.3 Å². The Balaban J connectivity index is 1.61. The number of carbonyl (C=O) groups excluding carboxylic acids is 2. The second-order valence-corrected chi connectivity index (χ2v) is 10.1. The Labute approximate surface area is 162 Å². The van der Waals surface area contributed by atoms with Crippen LogP contribution in [0.4, 0.5) is 0 Å². The second kappa shape index (κ2) is 6.17. The largest absolute Gasteiger partial charge is 0.462 e. The van der Waals surface area contributed by atoms with Crippen molar-refractivity contribution in [2.45, 2.75) is 90.8 Å². The fraction of sp³-hybridized carbons (Fsp3) is 0.826. The van der Waals surface area contributed by atoms with Crippen LogP contribution in [0.1, 0.15) is 79.1 Å². The lowest BCUT2D eigenvalue weighted by atomic mass is 9.47. The Morgan fingerprint density at radius 1 is 1.07 bits per heavy atom. The summed E-state index contributed by atoms with van der Waals surface area (Å²) >= 11 is 0. The van der Waals surface area contributed by atoms with Gasteiger partial charge in [0.25, 0.3) is 0 Å². The molecule has 4 heteroatoms. The summed E-state index contributed by atoms with van der Waals surface area (Å²) in [5, 5.41) is 11.2. The third-order valence-corrected chi connectivity index (χ3v) is 9.13. The zero-order valence-electron chi connectivity index (χ0n) is 17.2. The highest BCUT2D eigenvalue weighted by Gasteiger charge is 2.65. The van der Waals surface area contributed by atoms with Crippen LogP contribution in [0.2, 0.25) is 0 Å². The van der Waals surface area contributed by atoms with Crippen molar-refractivity contribution in [3.63, 3.8) is 0 Å². The van der Waals surface area contributed by atoms with Crippen LogP contribution >= 0.6 is 0 Å². The molecular formula is C23H34O4. The lowest BCUT2D eigenvalue weighted by Gasteiger charge is -2.58. The number of carbonyl (C=O) groups is 2. The zero-order chi connectivity index (χ0) is 19.6. The Bertz CT molecular complexity index is 696. The molecule has 4 aliphatic carbocycles. The van der Waals surface area contributed by atoms with Gasteiger partial charge in [0, 0.05) is 18.8 Å². The summed E-state index contributed by atoms with van der Waals surface area (Å²) in [5.41, 5.74) is 0.235. The monoisotopic (exact) mass is 374 g/mol. The molecular weight excluding hydrogens is 340 g/mol. The smallest absolute Gasteiger partial charge is 0.302 e. The summed E-state index contributed by atoms with van der Waals surface area (Å²) in [6.45, 7) is 7.64. The topological polar surface area (TPSA) is 63.6 Å². The molecule has 3 saturated carbocycles. The number of rotatable bonds is 2. The molecule has 0 bridgehead atoms. The summed E-state index contributed by atoms with van der Waals surface area (Å²) in [6.07, 6.45) is 9.96. The molecule has 4 aliphatic rings. The van der Waals surface area contributed by atoms with E-state index in [9.17, 15) is 14.7 Å². The molecule has 27 heavy (non-hydrogen) atoms. The molecule has 0 aliphatic heterocycles. The molecule has 0 radical (unpaired) electrons. The van der Waals surface area contributed by atoms with Gasteiger partial charge in [-0.15, -0.1) is 0 Å². The molecule has 7 atom stereocenters. The molecule has 0 spiro atoms. The summed E-state index contributed by atoms with van der Waals surface area (Å²) < 4.78 is 5.51. The molecule has 0 unspecified atom stereocenters. The van der Waals surface area contributed by atoms with E-state index in [0.717, 1.165) is 44.9 Å². The van der Waals surface area contributed by atoms with Gasteiger partial charge in [-0.25, -0.2) is 0 Å². The molecule has 4 nitrogen and oxygen atoms in total. The highest BCUT2D eigenvalue weighted by Crippen LogP contribution is 2.67. The number of fused-ring (bicyclic) bond motifs is 5. The van der Waals surface area contributed by atoms with Gasteiger partial charge in [0.2, 0.25) is 0 Å². The molecule has 0 amide bonds. The van der Waals surface area contributed by atoms with E-state index in [4.69, 9.17) is 4.74 Å². The fourth-order valence-electron chi connectivity index (χ4n) is 7.56. The molecule has 0 heterocycles. The van der Waals surface area contributed by atoms with Crippen molar-refractivity contribution < 1.29 is 19.4 Å². The number of hydrogen-bond donors (Lipinski definition) is 1. The van der Waals surface area contributed by atoms with E-state index in [2.05, 4.69) is 19.9 Å². The predicted octanol–water partition coefficient (Wildman–Crippen LogP) is 4.20. The van der Waals surface area contributed by atoms with E-state index in [1.807, 2.05) is 0 Å². The van der Waals surface area contributed by atoms with Gasteiger partial charge in [-0.3, -0.25) is 9.59 Å². The molecule has 0 aromatic rings. The second-order valence-electron chi connectivity index (χ2n) is 10.1. The first kappa shape index (κ1) is 19.2. The van der Waals surface area contributed by atoms with Crippen LogP contribution < -0.4 is 0 Å². The van der Waals surface area contributed by atoms with Gasteiger partial charge >= 0.3 is 5.97 Å². The van der Waals surface area contributed by atoms with Crippen LogP contribution in [-0.4, -0.2) is 28.6 Å². The summed E-state index contributed by atoms with van der Waals surface area (Å²) in [4.78, 5) is 23.7. The van der Waals surface area contributed by atoms with Crippen molar-refractivity contribution in [1.29, 1.82) is 0 Å². The van der Waals surface area contributed by atoms with Gasteiger partial charge in [-0.2, -0.15) is 0 Å². The van der Waals surface area contributed by atoms with Gasteiger partial charge < -0.3 is 9.84 Å². The number of ether oxygens (including phenoxy) is 1. The number of hydrogen-bond acceptors (Lipinski definition) is 4. The van der Waals surface area contributed by atoms with Gasteiger partial charge in [0.1, 0.15) is 11.7 Å². The van der Waals surface area contributed by atoms with Crippen molar-refractivity contribution >= 4 is 11.8 Å². The van der Waals surface area contributed by atoms with Crippen LogP contribution in [0.15, 0.2) is 11.6 Å². The maximum atomic E-state index is 12.3. The minimum Gasteiger partial charge on any atom is -0.462 e. The normalized spacial score (nSPS) is 48.7. The minimum atomic E-state index is -1.14. The average Bonchev–Trinajstić information content (AvgIpc) is 2.87. The summed E-state index contributed by atoms with van der Waals surface area (Å²) in [7, 11) is 0. The molecule has 3 fully saturated rings. The van der Waals surface area contributed by atoms with Crippen molar-refractivity contribution in [2.24, 2.45) is 28.6 Å². The number of aliphatic hydroxyl groups is 1. The van der Waals surface area contributed by atoms with Crippen LogP contribution in [0.3, 0.4) is 0 Å². The van der Waals surface area contributed by atoms with E-state index in [0.29, 0.717) is 24.2 Å². The zero-order valence-corrected chi connectivity index (χ0v) is 17.2. The fourth-order valence-corrected chi connectivity index (χ4v) is 7.56. The number of Topliss-reactive ketones (excluding diaryl/α,β-unsaturated/α-hetero) is 1. The molecule has 0 saturated heterocycles. The van der Waals surface area contributed by atoms with Crippen molar-refractivity contribution in [3.8, 4) is 0 Å². The van der Waals surface area contributed by atoms with Crippen molar-refractivity contribution in [3.05, 3.63) is 11.6 Å². The van der Waals surface area contributed by atoms with E-state index in [1.54, 1.807) is 6.92 Å². The van der Waals surface area contributed by atoms with Gasteiger partial charge in [-0.05, 0) is 75.0 Å². The Morgan fingerprint density at radius 2 is 1.78 bits per heavy atom. The maximum Gasteiger partial charge on any atom is 0.302 e. The lowest BCUT2D eigenvalue weighted by molar-refractivity contribution is -0.160. The number of esters is 1. The quantitative estimate of drug-likeness (QED) is 0.581. The third-order valence-electron chi connectivity index (χ3n) is 9.13. The summed E-state index contributed by atoms with van der Waals surface area (Å²) in [6, 6.07) is 0. The highest BCUT2D eigenvalue weighted by atomic mass is 16.5. The molecule has 1 N–H and O–H groups in total. The van der Waals surface area contributed by atoms with Crippen molar-refractivity contribution in [2.75, 3.05) is 0 Å². The van der Waals surface area contributed by atoms with Crippen molar-refractivity contribution in [1.82, 2.24) is 0 Å². The van der Waals surface area contributed by atoms with Gasteiger partial charge in [0.05, 0.1) is 0 Å². The lowest BCUT2D eigenvalue weighted by Crippen LogP contribution is -2.57. The molecule has 0 aromatic carbocycles. The number of allylic oxidation sites excluding steroid dienone is 1. The van der Waals surface area contributed by atoms with Gasteiger partial charge in [0.15, 0.2) is 5.78 Å². The third kappa shape index (κ3) is 2.58. The Morgan fingerprint density at radius 3 is 2.44 bits per heavy atom. The van der Waals surface area contributed by atoms with Crippen LogP contribution in [0.5, 0.6) is 0 Å². The number of ketones is 1. The average molecular weight is 375 g/mol. The first-order valence-corrected chi connectivity index (χ1v) is 10.7. The molecule has 0 aromatic heterocycles. The standard InChI is InChI=1S/C23H34O4/c1-14(24)23(26)12-9-20-18-6-5-16-13-17(27-15(2)25)7-10-21(16,3)19(18)8-11-22(20,23)4/h5,17-20,26H,6-13H2,1-4H3/t17-,18-,19+,20+,21-,22-,23+/m1/s1. The van der Waals surface area contributed by atoms with Gasteiger partial charge in [-0.1, -0.05) is 25.5 Å². The first-order chi connectivity index (χ1) is 12.6. The van der Waals surface area contributed by atoms with E-state index in [-0.39, 0.29) is 28.7 Å². The molecule has 4 rings (SSSR count).